The number of aryl methyl sites for hydroxylation is 2. The summed E-state index contributed by atoms with van der Waals surface area (Å²) in [7, 11) is 0. The van der Waals surface area contributed by atoms with Crippen molar-refractivity contribution in [2.45, 2.75) is 44.6 Å². The molecule has 1 unspecified atom stereocenters. The maximum absolute atomic E-state index is 13.0. The standard InChI is InChI=1S/C21H16F6N4O2/c1-10-17(33-19(30-10)21(25,26)27)18(32)31-14-4-2-3-12-9-29-15(8-13(12)14)11-5-6-28-16(7-11)20(22,23)24/h5-9,14H,2-4H2,1H3,(H,31,32). The van der Waals surface area contributed by atoms with Crippen LogP contribution in [-0.4, -0.2) is 20.9 Å². The monoisotopic (exact) mass is 470 g/mol. The highest BCUT2D eigenvalue weighted by atomic mass is 19.4. The van der Waals surface area contributed by atoms with Gasteiger partial charge in [-0.05, 0) is 55.5 Å². The van der Waals surface area contributed by atoms with E-state index >= 15 is 0 Å². The van der Waals surface area contributed by atoms with Crippen molar-refractivity contribution in [2.75, 3.05) is 0 Å². The summed E-state index contributed by atoms with van der Waals surface area (Å²) in [6, 6.07) is 3.24. The number of fused-ring (bicyclic) bond motifs is 1. The molecule has 0 aromatic carbocycles. The summed E-state index contributed by atoms with van der Waals surface area (Å²) in [6.45, 7) is 1.23. The van der Waals surface area contributed by atoms with E-state index in [-0.39, 0.29) is 17.0 Å². The van der Waals surface area contributed by atoms with Gasteiger partial charge in [0.1, 0.15) is 5.69 Å². The van der Waals surface area contributed by atoms with Gasteiger partial charge in [0.05, 0.1) is 17.4 Å². The molecule has 0 aliphatic heterocycles. The smallest absolute Gasteiger partial charge is 0.427 e. The molecule has 1 aliphatic rings. The number of carbonyl (C=O) groups is 1. The van der Waals surface area contributed by atoms with Crippen LogP contribution in [0.4, 0.5) is 26.3 Å². The molecular weight excluding hydrogens is 454 g/mol. The predicted molar refractivity (Wildman–Crippen MR) is 102 cm³/mol. The Morgan fingerprint density at radius 3 is 2.55 bits per heavy atom. The van der Waals surface area contributed by atoms with Crippen LogP contribution < -0.4 is 5.32 Å². The van der Waals surface area contributed by atoms with Gasteiger partial charge in [0, 0.05) is 18.0 Å². The topological polar surface area (TPSA) is 80.9 Å². The summed E-state index contributed by atoms with van der Waals surface area (Å²) in [4.78, 5) is 23.5. The Kier molecular flexibility index (Phi) is 5.62. The zero-order valence-electron chi connectivity index (χ0n) is 17.0. The van der Waals surface area contributed by atoms with E-state index in [1.807, 2.05) is 0 Å². The lowest BCUT2D eigenvalue weighted by molar-refractivity contribution is -0.157. The fraction of sp³-hybridized carbons (Fsp3) is 0.333. The molecule has 1 aliphatic carbocycles. The van der Waals surface area contributed by atoms with Crippen molar-refractivity contribution >= 4 is 5.91 Å². The lowest BCUT2D eigenvalue weighted by Gasteiger charge is -2.26. The molecule has 174 valence electrons. The maximum atomic E-state index is 13.0. The largest absolute Gasteiger partial charge is 0.468 e. The summed E-state index contributed by atoms with van der Waals surface area (Å²) < 4.78 is 82.2. The molecule has 4 rings (SSSR count). The number of oxazole rings is 1. The number of nitrogens with zero attached hydrogens (tertiary/aromatic N) is 3. The van der Waals surface area contributed by atoms with Gasteiger partial charge in [0.2, 0.25) is 5.76 Å². The quantitative estimate of drug-likeness (QED) is 0.527. The first-order valence-corrected chi connectivity index (χ1v) is 9.81. The molecule has 0 saturated heterocycles. The number of aromatic nitrogens is 3. The van der Waals surface area contributed by atoms with E-state index < -0.39 is 41.6 Å². The summed E-state index contributed by atoms with van der Waals surface area (Å²) in [5.41, 5.74) is 0.576. The number of hydrogen-bond donors (Lipinski definition) is 1. The molecule has 0 fully saturated rings. The maximum Gasteiger partial charge on any atom is 0.468 e. The highest BCUT2D eigenvalue weighted by Crippen LogP contribution is 2.35. The van der Waals surface area contributed by atoms with Gasteiger partial charge in [-0.15, -0.1) is 0 Å². The summed E-state index contributed by atoms with van der Waals surface area (Å²) in [5, 5.41) is 2.65. The zero-order valence-corrected chi connectivity index (χ0v) is 17.0. The molecule has 0 bridgehead atoms. The minimum Gasteiger partial charge on any atom is -0.427 e. The fourth-order valence-electron chi connectivity index (χ4n) is 3.69. The second-order valence-corrected chi connectivity index (χ2v) is 7.55. The molecule has 1 amide bonds. The normalized spacial score (nSPS) is 16.4. The molecule has 0 spiro atoms. The lowest BCUT2D eigenvalue weighted by atomic mass is 9.88. The molecule has 3 aromatic heterocycles. The van der Waals surface area contributed by atoms with Crippen molar-refractivity contribution in [3.63, 3.8) is 0 Å². The SMILES string of the molecule is Cc1nc(C(F)(F)F)oc1C(=O)NC1CCCc2cnc(-c3ccnc(C(F)(F)F)c3)cc21. The number of amides is 1. The van der Waals surface area contributed by atoms with Crippen molar-refractivity contribution in [1.82, 2.24) is 20.3 Å². The van der Waals surface area contributed by atoms with E-state index in [9.17, 15) is 31.1 Å². The van der Waals surface area contributed by atoms with E-state index in [2.05, 4.69) is 24.7 Å². The first kappa shape index (κ1) is 22.7. The first-order valence-electron chi connectivity index (χ1n) is 9.81. The van der Waals surface area contributed by atoms with Crippen LogP contribution in [0, 0.1) is 6.92 Å². The Bertz CT molecular complexity index is 1200. The minimum absolute atomic E-state index is 0.191. The average molecular weight is 470 g/mol. The second-order valence-electron chi connectivity index (χ2n) is 7.55. The van der Waals surface area contributed by atoms with Crippen LogP contribution in [0.25, 0.3) is 11.3 Å². The highest BCUT2D eigenvalue weighted by molar-refractivity contribution is 5.92. The van der Waals surface area contributed by atoms with Crippen LogP contribution in [0.2, 0.25) is 0 Å². The van der Waals surface area contributed by atoms with Gasteiger partial charge in [0.15, 0.2) is 0 Å². The Balaban J connectivity index is 1.63. The van der Waals surface area contributed by atoms with Crippen molar-refractivity contribution in [1.29, 1.82) is 0 Å². The Hall–Kier alpha value is -3.44. The number of nitrogens with one attached hydrogen (secondary N) is 1. The van der Waals surface area contributed by atoms with Gasteiger partial charge in [-0.3, -0.25) is 14.8 Å². The van der Waals surface area contributed by atoms with Gasteiger partial charge in [-0.25, -0.2) is 4.98 Å². The second kappa shape index (κ2) is 8.16. The Morgan fingerprint density at radius 2 is 1.88 bits per heavy atom. The van der Waals surface area contributed by atoms with E-state index in [1.165, 1.54) is 19.2 Å². The molecule has 33 heavy (non-hydrogen) atoms. The van der Waals surface area contributed by atoms with E-state index in [0.29, 0.717) is 24.8 Å². The third-order valence-corrected chi connectivity index (χ3v) is 5.23. The molecule has 3 heterocycles. The lowest BCUT2D eigenvalue weighted by Crippen LogP contribution is -2.31. The number of pyridine rings is 2. The van der Waals surface area contributed by atoms with Crippen LogP contribution in [0.5, 0.6) is 0 Å². The molecule has 1 atom stereocenters. The third kappa shape index (κ3) is 4.69. The number of rotatable bonds is 3. The van der Waals surface area contributed by atoms with Crippen LogP contribution in [0.15, 0.2) is 35.0 Å². The number of carbonyl (C=O) groups excluding carboxylic acids is 1. The Morgan fingerprint density at radius 1 is 1.12 bits per heavy atom. The van der Waals surface area contributed by atoms with Crippen molar-refractivity contribution in [3.8, 4) is 11.3 Å². The van der Waals surface area contributed by atoms with Gasteiger partial charge in [0.25, 0.3) is 5.91 Å². The number of hydrogen-bond acceptors (Lipinski definition) is 5. The van der Waals surface area contributed by atoms with Crippen molar-refractivity contribution in [3.05, 3.63) is 64.8 Å². The molecule has 0 saturated carbocycles. The van der Waals surface area contributed by atoms with Crippen molar-refractivity contribution in [2.24, 2.45) is 0 Å². The van der Waals surface area contributed by atoms with Crippen LogP contribution in [-0.2, 0) is 18.8 Å². The van der Waals surface area contributed by atoms with Crippen LogP contribution >= 0.6 is 0 Å². The summed E-state index contributed by atoms with van der Waals surface area (Å²) in [5.74, 6) is -2.93. The van der Waals surface area contributed by atoms with E-state index in [0.717, 1.165) is 17.8 Å². The van der Waals surface area contributed by atoms with Gasteiger partial charge < -0.3 is 9.73 Å². The third-order valence-electron chi connectivity index (χ3n) is 5.23. The number of alkyl halides is 6. The fourth-order valence-corrected chi connectivity index (χ4v) is 3.69. The molecule has 1 N–H and O–H groups in total. The minimum atomic E-state index is -4.83. The highest BCUT2D eigenvalue weighted by Gasteiger charge is 2.39. The van der Waals surface area contributed by atoms with E-state index in [1.54, 1.807) is 6.07 Å². The first-order chi connectivity index (χ1) is 15.4. The zero-order chi connectivity index (χ0) is 24.0. The predicted octanol–water partition coefficient (Wildman–Crippen LogP) is 5.29. The Labute approximate surface area is 183 Å². The van der Waals surface area contributed by atoms with Crippen LogP contribution in [0.1, 0.15) is 57.8 Å². The van der Waals surface area contributed by atoms with Gasteiger partial charge >= 0.3 is 18.2 Å². The molecular formula is C21H16F6N4O2. The van der Waals surface area contributed by atoms with Gasteiger partial charge in [-0.2, -0.15) is 26.3 Å². The summed E-state index contributed by atoms with van der Waals surface area (Å²) >= 11 is 0. The molecule has 0 radical (unpaired) electrons. The number of halogens is 6. The van der Waals surface area contributed by atoms with E-state index in [4.69, 9.17) is 0 Å². The molecule has 3 aromatic rings. The molecule has 12 heteroatoms. The average Bonchev–Trinajstić information content (AvgIpc) is 3.15. The van der Waals surface area contributed by atoms with Crippen molar-refractivity contribution < 1.29 is 35.6 Å². The molecule has 6 nitrogen and oxygen atoms in total. The van der Waals surface area contributed by atoms with Gasteiger partial charge in [-0.1, -0.05) is 0 Å². The summed E-state index contributed by atoms with van der Waals surface area (Å²) in [6.07, 6.45) is -5.10. The van der Waals surface area contributed by atoms with Crippen LogP contribution in [0.3, 0.4) is 0 Å².